The average molecular weight is 442 g/mol. The van der Waals surface area contributed by atoms with E-state index in [0.29, 0.717) is 29.7 Å². The Kier molecular flexibility index (Phi) is 4.98. The van der Waals surface area contributed by atoms with Crippen molar-refractivity contribution in [2.24, 2.45) is 0 Å². The lowest BCUT2D eigenvalue weighted by Gasteiger charge is -2.36. The molecule has 2 aliphatic rings. The predicted octanol–water partition coefficient (Wildman–Crippen LogP) is 4.58. The third-order valence-corrected chi connectivity index (χ3v) is 5.85. The van der Waals surface area contributed by atoms with Gasteiger partial charge in [-0.25, -0.2) is 4.79 Å². The first-order chi connectivity index (χ1) is 13.5. The fraction of sp³-hybridized carbons (Fsp3) is 0.273. The van der Waals surface area contributed by atoms with Crippen LogP contribution >= 0.6 is 15.9 Å². The summed E-state index contributed by atoms with van der Waals surface area (Å²) in [4.78, 5) is 25.8. The zero-order chi connectivity index (χ0) is 19.8. The third kappa shape index (κ3) is 3.22. The van der Waals surface area contributed by atoms with Crippen LogP contribution in [0.25, 0.3) is 0 Å². The molecule has 2 atom stereocenters. The number of hydrogen-bond acceptors (Lipinski definition) is 5. The van der Waals surface area contributed by atoms with Crippen LogP contribution in [-0.2, 0) is 14.3 Å². The Labute approximate surface area is 171 Å². The molecule has 0 unspecified atom stereocenters. The summed E-state index contributed by atoms with van der Waals surface area (Å²) in [5, 5.41) is 3.30. The third-order valence-electron chi connectivity index (χ3n) is 5.36. The first-order valence-electron chi connectivity index (χ1n) is 9.10. The molecule has 6 heteroatoms. The summed E-state index contributed by atoms with van der Waals surface area (Å²) in [6.07, 6.45) is 2.64. The second kappa shape index (κ2) is 7.43. The minimum atomic E-state index is -0.453. The van der Waals surface area contributed by atoms with Crippen molar-refractivity contribution >= 4 is 27.7 Å². The molecule has 28 heavy (non-hydrogen) atoms. The number of ether oxygens (including phenoxy) is 1. The molecule has 5 nitrogen and oxygen atoms in total. The van der Waals surface area contributed by atoms with Gasteiger partial charge in [-0.3, -0.25) is 4.79 Å². The summed E-state index contributed by atoms with van der Waals surface area (Å²) in [6.45, 7) is 1.85. The summed E-state index contributed by atoms with van der Waals surface area (Å²) in [6, 6.07) is 11.5. The number of rotatable bonds is 3. The molecule has 0 fully saturated rings. The van der Waals surface area contributed by atoms with Gasteiger partial charge in [0.1, 0.15) is 5.76 Å². The van der Waals surface area contributed by atoms with E-state index in [1.54, 1.807) is 6.26 Å². The van der Waals surface area contributed by atoms with Crippen molar-refractivity contribution < 1.29 is 18.7 Å². The number of carbonyl (C=O) groups is 2. The van der Waals surface area contributed by atoms with Crippen LogP contribution in [-0.4, -0.2) is 18.9 Å². The number of carbonyl (C=O) groups excluding carboxylic acids is 2. The lowest BCUT2D eigenvalue weighted by atomic mass is 9.72. The van der Waals surface area contributed by atoms with Gasteiger partial charge in [-0.2, -0.15) is 0 Å². The van der Waals surface area contributed by atoms with E-state index in [4.69, 9.17) is 9.15 Å². The highest BCUT2D eigenvalue weighted by Gasteiger charge is 2.41. The summed E-state index contributed by atoms with van der Waals surface area (Å²) in [5.41, 5.74) is 3.57. The van der Waals surface area contributed by atoms with E-state index in [9.17, 15) is 9.59 Å². The van der Waals surface area contributed by atoms with Crippen LogP contribution in [0.5, 0.6) is 0 Å². The van der Waals surface area contributed by atoms with E-state index in [-0.39, 0.29) is 11.7 Å². The van der Waals surface area contributed by atoms with Crippen LogP contribution in [0.4, 0.5) is 0 Å². The number of dihydropyridines is 1. The van der Waals surface area contributed by atoms with Gasteiger partial charge in [-0.15, -0.1) is 0 Å². The smallest absolute Gasteiger partial charge is 0.336 e. The molecule has 4 rings (SSSR count). The molecule has 0 saturated carbocycles. The Morgan fingerprint density at radius 1 is 1.25 bits per heavy atom. The van der Waals surface area contributed by atoms with Crippen molar-refractivity contribution in [1.82, 2.24) is 5.32 Å². The van der Waals surface area contributed by atoms with Crippen molar-refractivity contribution in [3.8, 4) is 0 Å². The van der Waals surface area contributed by atoms with Gasteiger partial charge in [0.25, 0.3) is 0 Å². The maximum atomic E-state index is 13.2. The van der Waals surface area contributed by atoms with Gasteiger partial charge in [0.15, 0.2) is 5.78 Å². The van der Waals surface area contributed by atoms with Crippen molar-refractivity contribution in [3.63, 3.8) is 0 Å². The highest BCUT2D eigenvalue weighted by molar-refractivity contribution is 9.10. The first-order valence-corrected chi connectivity index (χ1v) is 9.90. The molecule has 1 N–H and O–H groups in total. The average Bonchev–Trinajstić information content (AvgIpc) is 3.21. The minimum Gasteiger partial charge on any atom is -0.469 e. The SMILES string of the molecule is COC(=O)C1=C(C)NC2=C(C(=O)C[C@H](c3ccco3)C2)[C@@H]1c1cccc(Br)c1. The molecular formula is C22H20BrNO4. The van der Waals surface area contributed by atoms with Crippen LogP contribution in [0.15, 0.2) is 74.1 Å². The lowest BCUT2D eigenvalue weighted by Crippen LogP contribution is -2.35. The largest absolute Gasteiger partial charge is 0.469 e. The van der Waals surface area contributed by atoms with Crippen molar-refractivity contribution in [3.05, 3.63) is 81.0 Å². The molecule has 1 aromatic heterocycles. The Bertz CT molecular complexity index is 1000. The molecule has 0 saturated heterocycles. The quantitative estimate of drug-likeness (QED) is 0.706. The summed E-state index contributed by atoms with van der Waals surface area (Å²) < 4.78 is 11.5. The lowest BCUT2D eigenvalue weighted by molar-refractivity contribution is -0.136. The number of nitrogens with one attached hydrogen (secondary N) is 1. The van der Waals surface area contributed by atoms with Gasteiger partial charge < -0.3 is 14.5 Å². The molecule has 1 aliphatic carbocycles. The van der Waals surface area contributed by atoms with Crippen LogP contribution in [0.2, 0.25) is 0 Å². The summed E-state index contributed by atoms with van der Waals surface area (Å²) in [5.74, 6) is -0.0618. The van der Waals surface area contributed by atoms with Crippen molar-refractivity contribution in [2.45, 2.75) is 31.6 Å². The maximum absolute atomic E-state index is 13.2. The molecule has 0 bridgehead atoms. The highest BCUT2D eigenvalue weighted by Crippen LogP contribution is 2.45. The second-order valence-corrected chi connectivity index (χ2v) is 7.99. The molecule has 144 valence electrons. The number of esters is 1. The van der Waals surface area contributed by atoms with E-state index in [1.165, 1.54) is 7.11 Å². The Balaban J connectivity index is 1.83. The Hall–Kier alpha value is -2.60. The second-order valence-electron chi connectivity index (χ2n) is 7.08. The molecule has 0 radical (unpaired) electrons. The van der Waals surface area contributed by atoms with E-state index >= 15 is 0 Å². The summed E-state index contributed by atoms with van der Waals surface area (Å²) >= 11 is 3.50. The number of halogens is 1. The number of hydrogen-bond donors (Lipinski definition) is 1. The maximum Gasteiger partial charge on any atom is 0.336 e. The van der Waals surface area contributed by atoms with Crippen molar-refractivity contribution in [2.75, 3.05) is 7.11 Å². The molecule has 1 aromatic carbocycles. The zero-order valence-corrected chi connectivity index (χ0v) is 17.2. The van der Waals surface area contributed by atoms with Gasteiger partial charge in [-0.05, 0) is 43.2 Å². The first kappa shape index (κ1) is 18.7. The van der Waals surface area contributed by atoms with Crippen LogP contribution in [0, 0.1) is 0 Å². The molecular weight excluding hydrogens is 422 g/mol. The highest BCUT2D eigenvalue weighted by atomic mass is 79.9. The van der Waals surface area contributed by atoms with Gasteiger partial charge in [-0.1, -0.05) is 28.1 Å². The van der Waals surface area contributed by atoms with Gasteiger partial charge in [0.05, 0.1) is 18.9 Å². The van der Waals surface area contributed by atoms with Crippen molar-refractivity contribution in [1.29, 1.82) is 0 Å². The number of allylic oxidation sites excluding steroid dienone is 3. The standard InChI is InChI=1S/C22H20BrNO4/c1-12-19(22(26)27-2)20(13-5-3-6-15(23)9-13)21-16(24-12)10-14(11-17(21)25)18-7-4-8-28-18/h3-9,14,20,24H,10-11H2,1-2H3/t14-,20-/m1/s1. The molecule has 0 spiro atoms. The Morgan fingerprint density at radius 2 is 2.07 bits per heavy atom. The van der Waals surface area contributed by atoms with E-state index in [1.807, 2.05) is 43.3 Å². The van der Waals surface area contributed by atoms with Gasteiger partial charge in [0.2, 0.25) is 0 Å². The fourth-order valence-corrected chi connectivity index (χ4v) is 4.58. The summed E-state index contributed by atoms with van der Waals surface area (Å²) in [7, 11) is 1.36. The monoisotopic (exact) mass is 441 g/mol. The predicted molar refractivity (Wildman–Crippen MR) is 107 cm³/mol. The topological polar surface area (TPSA) is 68.5 Å². The number of benzene rings is 1. The number of ketones is 1. The zero-order valence-electron chi connectivity index (χ0n) is 15.6. The van der Waals surface area contributed by atoms with Crippen LogP contribution in [0.3, 0.4) is 0 Å². The van der Waals surface area contributed by atoms with Gasteiger partial charge >= 0.3 is 5.97 Å². The van der Waals surface area contributed by atoms with Crippen LogP contribution in [0.1, 0.15) is 42.9 Å². The molecule has 1 aliphatic heterocycles. The molecule has 0 amide bonds. The normalized spacial score (nSPS) is 22.0. The number of methoxy groups -OCH3 is 1. The van der Waals surface area contributed by atoms with E-state index < -0.39 is 11.9 Å². The molecule has 2 heterocycles. The molecule has 2 aromatic rings. The Morgan fingerprint density at radius 3 is 2.75 bits per heavy atom. The minimum absolute atomic E-state index is 0.00983. The van der Waals surface area contributed by atoms with Crippen LogP contribution < -0.4 is 5.32 Å². The van der Waals surface area contributed by atoms with E-state index in [2.05, 4.69) is 21.2 Å². The van der Waals surface area contributed by atoms with Gasteiger partial charge in [0, 0.05) is 39.7 Å². The fourth-order valence-electron chi connectivity index (χ4n) is 4.16. The number of furan rings is 1. The number of Topliss-reactive ketones (excluding diaryl/α,β-unsaturated/α-hetero) is 1. The van der Waals surface area contributed by atoms with E-state index in [0.717, 1.165) is 21.5 Å².